The molecule has 0 aliphatic heterocycles. The van der Waals surface area contributed by atoms with Gasteiger partial charge in [-0.3, -0.25) is 9.69 Å². The van der Waals surface area contributed by atoms with Crippen LogP contribution in [0.15, 0.2) is 42.6 Å². The molecule has 1 heterocycles. The lowest BCUT2D eigenvalue weighted by Gasteiger charge is -2.20. The number of aromatic nitrogens is 1. The van der Waals surface area contributed by atoms with Crippen LogP contribution in [0.25, 0.3) is 0 Å². The Morgan fingerprint density at radius 3 is 2.43 bits per heavy atom. The van der Waals surface area contributed by atoms with Crippen LogP contribution in [0.2, 0.25) is 0 Å². The Morgan fingerprint density at radius 1 is 1.13 bits per heavy atom. The molecule has 2 aromatic rings. The summed E-state index contributed by atoms with van der Waals surface area (Å²) in [6.07, 6.45) is 1.49. The second-order valence-corrected chi connectivity index (χ2v) is 5.39. The molecule has 0 bridgehead atoms. The molecule has 0 aliphatic rings. The van der Waals surface area contributed by atoms with Gasteiger partial charge in [0.1, 0.15) is 5.69 Å². The summed E-state index contributed by atoms with van der Waals surface area (Å²) in [5.74, 6) is -0.192. The third-order valence-corrected chi connectivity index (χ3v) is 3.87. The summed E-state index contributed by atoms with van der Waals surface area (Å²) >= 11 is 0. The van der Waals surface area contributed by atoms with Crippen LogP contribution < -0.4 is 11.1 Å². The van der Waals surface area contributed by atoms with Gasteiger partial charge in [-0.2, -0.15) is 0 Å². The Labute approximate surface area is 137 Å². The van der Waals surface area contributed by atoms with Gasteiger partial charge in [-0.1, -0.05) is 38.1 Å². The molecule has 0 radical (unpaired) electrons. The predicted octanol–water partition coefficient (Wildman–Crippen LogP) is 2.44. The van der Waals surface area contributed by atoms with E-state index in [2.05, 4.69) is 41.2 Å². The number of nitrogen functional groups attached to an aromatic ring is 1. The van der Waals surface area contributed by atoms with Gasteiger partial charge in [0.15, 0.2) is 0 Å². The molecule has 0 atom stereocenters. The van der Waals surface area contributed by atoms with Crippen LogP contribution >= 0.6 is 0 Å². The molecule has 0 spiro atoms. The third-order valence-electron chi connectivity index (χ3n) is 3.87. The van der Waals surface area contributed by atoms with Crippen LogP contribution in [-0.2, 0) is 13.1 Å². The molecule has 5 nitrogen and oxygen atoms in total. The number of nitrogens with two attached hydrogens (primary N) is 1. The third kappa shape index (κ3) is 4.79. The van der Waals surface area contributed by atoms with Crippen molar-refractivity contribution in [3.05, 3.63) is 59.4 Å². The Balaban J connectivity index is 2.02. The minimum atomic E-state index is -0.192. The average molecular weight is 312 g/mol. The summed E-state index contributed by atoms with van der Waals surface area (Å²) in [7, 11) is 0. The summed E-state index contributed by atoms with van der Waals surface area (Å²) in [5, 5.41) is 2.92. The molecule has 23 heavy (non-hydrogen) atoms. The maximum absolute atomic E-state index is 12.2. The quantitative estimate of drug-likeness (QED) is 0.824. The van der Waals surface area contributed by atoms with Crippen molar-refractivity contribution < 1.29 is 4.79 Å². The van der Waals surface area contributed by atoms with Crippen LogP contribution in [0.3, 0.4) is 0 Å². The van der Waals surface area contributed by atoms with Crippen molar-refractivity contribution in [2.24, 2.45) is 0 Å². The van der Waals surface area contributed by atoms with Crippen LogP contribution in [0, 0.1) is 0 Å². The molecule has 1 aromatic carbocycles. The molecule has 0 fully saturated rings. The number of hydrogen-bond acceptors (Lipinski definition) is 4. The fraction of sp³-hybridized carbons (Fsp3) is 0.333. The highest BCUT2D eigenvalue weighted by atomic mass is 16.1. The monoisotopic (exact) mass is 312 g/mol. The highest BCUT2D eigenvalue weighted by molar-refractivity contribution is 5.92. The SMILES string of the molecule is CCN(CC)Cc1ccccc1CNC(=O)c1ccc(N)cn1. The van der Waals surface area contributed by atoms with E-state index in [1.165, 1.54) is 11.8 Å². The van der Waals surface area contributed by atoms with Crippen molar-refractivity contribution in [3.8, 4) is 0 Å². The summed E-state index contributed by atoms with van der Waals surface area (Å²) in [5.41, 5.74) is 8.87. The van der Waals surface area contributed by atoms with Crippen molar-refractivity contribution in [3.63, 3.8) is 0 Å². The molecular weight excluding hydrogens is 288 g/mol. The molecule has 0 aliphatic carbocycles. The summed E-state index contributed by atoms with van der Waals surface area (Å²) in [6, 6.07) is 11.5. The number of rotatable bonds is 7. The number of carbonyl (C=O) groups excluding carboxylic acids is 1. The Kier molecular flexibility index (Phi) is 6.11. The van der Waals surface area contributed by atoms with Crippen molar-refractivity contribution in [2.45, 2.75) is 26.9 Å². The molecule has 0 unspecified atom stereocenters. The van der Waals surface area contributed by atoms with Crippen LogP contribution in [0.1, 0.15) is 35.5 Å². The number of amides is 1. The molecule has 1 amide bonds. The Hall–Kier alpha value is -2.40. The number of hydrogen-bond donors (Lipinski definition) is 2. The van der Waals surface area contributed by atoms with Gasteiger partial charge in [-0.05, 0) is 36.3 Å². The number of nitrogens with zero attached hydrogens (tertiary/aromatic N) is 2. The molecule has 1 aromatic heterocycles. The van der Waals surface area contributed by atoms with Crippen LogP contribution in [-0.4, -0.2) is 28.9 Å². The zero-order valence-corrected chi connectivity index (χ0v) is 13.7. The normalized spacial score (nSPS) is 10.7. The van der Waals surface area contributed by atoms with E-state index in [1.54, 1.807) is 12.1 Å². The van der Waals surface area contributed by atoms with Gasteiger partial charge < -0.3 is 11.1 Å². The summed E-state index contributed by atoms with van der Waals surface area (Å²) < 4.78 is 0. The number of benzene rings is 1. The first-order chi connectivity index (χ1) is 11.1. The van der Waals surface area contributed by atoms with Gasteiger partial charge >= 0.3 is 0 Å². The van der Waals surface area contributed by atoms with E-state index in [-0.39, 0.29) is 5.91 Å². The minimum Gasteiger partial charge on any atom is -0.397 e. The smallest absolute Gasteiger partial charge is 0.270 e. The van der Waals surface area contributed by atoms with Gasteiger partial charge in [-0.25, -0.2) is 4.98 Å². The molecule has 0 saturated carbocycles. The van der Waals surface area contributed by atoms with E-state index < -0.39 is 0 Å². The average Bonchev–Trinajstić information content (AvgIpc) is 2.59. The van der Waals surface area contributed by atoms with E-state index in [1.807, 2.05) is 12.1 Å². The maximum atomic E-state index is 12.2. The zero-order valence-electron chi connectivity index (χ0n) is 13.7. The van der Waals surface area contributed by atoms with Crippen LogP contribution in [0.5, 0.6) is 0 Å². The van der Waals surface area contributed by atoms with Gasteiger partial charge in [0, 0.05) is 13.1 Å². The fourth-order valence-electron chi connectivity index (χ4n) is 2.38. The standard InChI is InChI=1S/C18H24N4O/c1-3-22(4-2)13-15-8-6-5-7-14(15)11-21-18(23)17-10-9-16(19)12-20-17/h5-10,12H,3-4,11,13,19H2,1-2H3,(H,21,23). The molecule has 3 N–H and O–H groups in total. The predicted molar refractivity (Wildman–Crippen MR) is 92.9 cm³/mol. The van der Waals surface area contributed by atoms with Crippen molar-refractivity contribution in [1.29, 1.82) is 0 Å². The van der Waals surface area contributed by atoms with Crippen LogP contribution in [0.4, 0.5) is 5.69 Å². The highest BCUT2D eigenvalue weighted by Crippen LogP contribution is 2.12. The Bertz CT molecular complexity index is 636. The molecule has 0 saturated heterocycles. The number of nitrogens with one attached hydrogen (secondary N) is 1. The molecule has 2 rings (SSSR count). The summed E-state index contributed by atoms with van der Waals surface area (Å²) in [6.45, 7) is 7.70. The highest BCUT2D eigenvalue weighted by Gasteiger charge is 2.09. The largest absolute Gasteiger partial charge is 0.397 e. The lowest BCUT2D eigenvalue weighted by molar-refractivity contribution is 0.0946. The van der Waals surface area contributed by atoms with Crippen molar-refractivity contribution >= 4 is 11.6 Å². The van der Waals surface area contributed by atoms with E-state index in [4.69, 9.17) is 5.73 Å². The van der Waals surface area contributed by atoms with Gasteiger partial charge in [-0.15, -0.1) is 0 Å². The van der Waals surface area contributed by atoms with Crippen molar-refractivity contribution in [1.82, 2.24) is 15.2 Å². The fourth-order valence-corrected chi connectivity index (χ4v) is 2.38. The molecule has 122 valence electrons. The Morgan fingerprint density at radius 2 is 1.83 bits per heavy atom. The van der Waals surface area contributed by atoms with Gasteiger partial charge in [0.25, 0.3) is 5.91 Å². The van der Waals surface area contributed by atoms with Gasteiger partial charge in [0.05, 0.1) is 11.9 Å². The second kappa shape index (κ2) is 8.29. The van der Waals surface area contributed by atoms with E-state index in [9.17, 15) is 4.79 Å². The minimum absolute atomic E-state index is 0.192. The van der Waals surface area contributed by atoms with Crippen molar-refractivity contribution in [2.75, 3.05) is 18.8 Å². The number of anilines is 1. The van der Waals surface area contributed by atoms with E-state index in [0.717, 1.165) is 25.2 Å². The maximum Gasteiger partial charge on any atom is 0.270 e. The lowest BCUT2D eigenvalue weighted by Crippen LogP contribution is -2.26. The lowest BCUT2D eigenvalue weighted by atomic mass is 10.1. The first-order valence-corrected chi connectivity index (χ1v) is 7.92. The number of pyridine rings is 1. The molecule has 5 heteroatoms. The zero-order chi connectivity index (χ0) is 16.7. The first kappa shape index (κ1) is 17.0. The number of carbonyl (C=O) groups is 1. The topological polar surface area (TPSA) is 71.2 Å². The first-order valence-electron chi connectivity index (χ1n) is 7.92. The molecular formula is C18H24N4O. The second-order valence-electron chi connectivity index (χ2n) is 5.39. The van der Waals surface area contributed by atoms with Gasteiger partial charge in [0.2, 0.25) is 0 Å². The van der Waals surface area contributed by atoms with E-state index >= 15 is 0 Å². The summed E-state index contributed by atoms with van der Waals surface area (Å²) in [4.78, 5) is 18.5. The van der Waals surface area contributed by atoms with E-state index in [0.29, 0.717) is 17.9 Å².